The average Bonchev–Trinajstić information content (AvgIpc) is 2.04. The van der Waals surface area contributed by atoms with Crippen LogP contribution in [0.15, 0.2) is 0 Å². The molecule has 0 unspecified atom stereocenters. The Morgan fingerprint density at radius 2 is 1.41 bits per heavy atom. The highest BCUT2D eigenvalue weighted by molar-refractivity contribution is 5.01. The lowest BCUT2D eigenvalue weighted by molar-refractivity contribution is -0.0898. The van der Waals surface area contributed by atoms with Gasteiger partial charge in [0, 0.05) is 35.7 Å². The van der Waals surface area contributed by atoms with Crippen LogP contribution in [0.4, 0.5) is 0 Å². The molecule has 102 valence electrons. The normalized spacial score (nSPS) is 28.4. The monoisotopic (exact) mass is 240 g/mol. The molecule has 2 heteroatoms. The molecule has 0 saturated carbocycles. The molecule has 0 aromatic carbocycles. The van der Waals surface area contributed by atoms with E-state index in [4.69, 9.17) is 0 Å². The van der Waals surface area contributed by atoms with Gasteiger partial charge in [0.2, 0.25) is 0 Å². The summed E-state index contributed by atoms with van der Waals surface area (Å²) in [5.74, 6) is 0. The fourth-order valence-electron chi connectivity index (χ4n) is 3.35. The SMILES string of the molecule is C[C@@H]1CN(C(C)(C)C)C(C)(C)CN1C(C)(C)C. The predicted octanol–water partition coefficient (Wildman–Crippen LogP) is 3.37. The summed E-state index contributed by atoms with van der Waals surface area (Å²) in [5.41, 5.74) is 0.764. The molecule has 0 aromatic heterocycles. The second-order valence-electron chi connectivity index (χ2n) is 8.24. The zero-order chi connectivity index (χ0) is 13.6. The van der Waals surface area contributed by atoms with Crippen molar-refractivity contribution in [2.24, 2.45) is 0 Å². The first-order valence-electron chi connectivity index (χ1n) is 6.90. The maximum atomic E-state index is 2.66. The molecule has 1 fully saturated rings. The Bertz CT molecular complexity index is 268. The van der Waals surface area contributed by atoms with Crippen molar-refractivity contribution < 1.29 is 0 Å². The van der Waals surface area contributed by atoms with Crippen LogP contribution in [0.2, 0.25) is 0 Å². The van der Waals surface area contributed by atoms with Crippen molar-refractivity contribution in [3.8, 4) is 0 Å². The van der Waals surface area contributed by atoms with E-state index in [1.54, 1.807) is 0 Å². The molecule has 0 N–H and O–H groups in total. The molecule has 1 rings (SSSR count). The molecule has 1 atom stereocenters. The van der Waals surface area contributed by atoms with Crippen molar-refractivity contribution in [3.63, 3.8) is 0 Å². The van der Waals surface area contributed by atoms with E-state index in [0.29, 0.717) is 6.04 Å². The highest BCUT2D eigenvalue weighted by atomic mass is 15.4. The van der Waals surface area contributed by atoms with E-state index in [0.717, 1.165) is 13.1 Å². The van der Waals surface area contributed by atoms with Crippen molar-refractivity contribution >= 4 is 0 Å². The fraction of sp³-hybridized carbons (Fsp3) is 1.00. The molecule has 17 heavy (non-hydrogen) atoms. The third-order valence-electron chi connectivity index (χ3n) is 3.94. The van der Waals surface area contributed by atoms with E-state index < -0.39 is 0 Å². The summed E-state index contributed by atoms with van der Waals surface area (Å²) in [6.45, 7) is 23.4. The minimum atomic E-state index is 0.248. The second-order valence-corrected chi connectivity index (χ2v) is 8.24. The van der Waals surface area contributed by atoms with Crippen LogP contribution in [0.1, 0.15) is 62.3 Å². The van der Waals surface area contributed by atoms with Gasteiger partial charge >= 0.3 is 0 Å². The van der Waals surface area contributed by atoms with Crippen LogP contribution in [-0.2, 0) is 0 Å². The molecule has 0 spiro atoms. The third-order valence-corrected chi connectivity index (χ3v) is 3.94. The fourth-order valence-corrected chi connectivity index (χ4v) is 3.35. The van der Waals surface area contributed by atoms with Crippen molar-refractivity contribution in [3.05, 3.63) is 0 Å². The van der Waals surface area contributed by atoms with Gasteiger partial charge in [-0.1, -0.05) is 0 Å². The molecule has 1 aliphatic heterocycles. The molecule has 0 aliphatic carbocycles. The smallest absolute Gasteiger partial charge is 0.0286 e. The molecular weight excluding hydrogens is 208 g/mol. The van der Waals surface area contributed by atoms with Gasteiger partial charge in [-0.3, -0.25) is 9.80 Å². The minimum absolute atomic E-state index is 0.248. The number of hydrogen-bond acceptors (Lipinski definition) is 2. The Morgan fingerprint density at radius 3 is 1.76 bits per heavy atom. The maximum Gasteiger partial charge on any atom is 0.0286 e. The van der Waals surface area contributed by atoms with Gasteiger partial charge in [0.15, 0.2) is 0 Å². The van der Waals surface area contributed by atoms with Crippen molar-refractivity contribution in [2.45, 2.75) is 85.0 Å². The first-order chi connectivity index (χ1) is 7.36. The summed E-state index contributed by atoms with van der Waals surface area (Å²) in [6.07, 6.45) is 0. The molecular formula is C15H32N2. The maximum absolute atomic E-state index is 2.66. The standard InChI is InChI=1S/C15H32N2/c1-12-10-17(14(5,6)7)15(8,9)11-16(12)13(2,3)4/h12H,10-11H2,1-9H3/t12-/m1/s1. The molecule has 2 nitrogen and oxygen atoms in total. The highest BCUT2D eigenvalue weighted by Crippen LogP contribution is 2.34. The lowest BCUT2D eigenvalue weighted by atomic mass is 9.87. The second kappa shape index (κ2) is 4.24. The Kier molecular flexibility index (Phi) is 3.73. The van der Waals surface area contributed by atoms with E-state index >= 15 is 0 Å². The van der Waals surface area contributed by atoms with Gasteiger partial charge in [-0.2, -0.15) is 0 Å². The largest absolute Gasteiger partial charge is 0.293 e. The number of hydrogen-bond donors (Lipinski definition) is 0. The van der Waals surface area contributed by atoms with E-state index in [9.17, 15) is 0 Å². The summed E-state index contributed by atoms with van der Waals surface area (Å²) in [7, 11) is 0. The first kappa shape index (κ1) is 15.0. The van der Waals surface area contributed by atoms with Crippen molar-refractivity contribution in [1.29, 1.82) is 0 Å². The Balaban J connectivity index is 2.96. The van der Waals surface area contributed by atoms with Crippen molar-refractivity contribution in [1.82, 2.24) is 9.80 Å². The van der Waals surface area contributed by atoms with Gasteiger partial charge in [-0.25, -0.2) is 0 Å². The molecule has 0 bridgehead atoms. The summed E-state index contributed by atoms with van der Waals surface area (Å²) < 4.78 is 0. The van der Waals surface area contributed by atoms with Crippen LogP contribution in [0.3, 0.4) is 0 Å². The van der Waals surface area contributed by atoms with Gasteiger partial charge in [0.25, 0.3) is 0 Å². The quantitative estimate of drug-likeness (QED) is 0.640. The molecule has 0 amide bonds. The van der Waals surface area contributed by atoms with Crippen LogP contribution in [0, 0.1) is 0 Å². The molecule has 1 heterocycles. The van der Waals surface area contributed by atoms with Crippen molar-refractivity contribution in [2.75, 3.05) is 13.1 Å². The minimum Gasteiger partial charge on any atom is -0.293 e. The summed E-state index contributed by atoms with van der Waals surface area (Å²) in [6, 6.07) is 0.627. The zero-order valence-electron chi connectivity index (χ0n) is 13.4. The Labute approximate surface area is 108 Å². The lowest BCUT2D eigenvalue weighted by Gasteiger charge is -2.58. The van der Waals surface area contributed by atoms with E-state index in [-0.39, 0.29) is 16.6 Å². The van der Waals surface area contributed by atoms with Crippen LogP contribution in [0.25, 0.3) is 0 Å². The van der Waals surface area contributed by atoms with Crippen LogP contribution in [0.5, 0.6) is 0 Å². The summed E-state index contributed by atoms with van der Waals surface area (Å²) in [5, 5.41) is 0. The lowest BCUT2D eigenvalue weighted by Crippen LogP contribution is -2.69. The summed E-state index contributed by atoms with van der Waals surface area (Å²) in [4.78, 5) is 5.31. The molecule has 1 saturated heterocycles. The highest BCUT2D eigenvalue weighted by Gasteiger charge is 2.44. The zero-order valence-corrected chi connectivity index (χ0v) is 13.4. The average molecular weight is 240 g/mol. The van der Waals surface area contributed by atoms with E-state index in [1.165, 1.54) is 0 Å². The Hall–Kier alpha value is -0.0800. The first-order valence-corrected chi connectivity index (χ1v) is 6.90. The molecule has 0 aromatic rings. The van der Waals surface area contributed by atoms with Gasteiger partial charge < -0.3 is 0 Å². The number of rotatable bonds is 0. The number of nitrogens with zero attached hydrogens (tertiary/aromatic N) is 2. The van der Waals surface area contributed by atoms with Gasteiger partial charge in [-0.15, -0.1) is 0 Å². The topological polar surface area (TPSA) is 6.48 Å². The van der Waals surface area contributed by atoms with E-state index in [2.05, 4.69) is 72.1 Å². The predicted molar refractivity (Wildman–Crippen MR) is 76.5 cm³/mol. The molecule has 0 radical (unpaired) electrons. The number of piperazine rings is 1. The van der Waals surface area contributed by atoms with Crippen LogP contribution in [-0.4, -0.2) is 45.5 Å². The van der Waals surface area contributed by atoms with Gasteiger partial charge in [-0.05, 0) is 62.3 Å². The molecule has 1 aliphatic rings. The van der Waals surface area contributed by atoms with Gasteiger partial charge in [0.05, 0.1) is 0 Å². The van der Waals surface area contributed by atoms with Gasteiger partial charge in [0.1, 0.15) is 0 Å². The third kappa shape index (κ3) is 3.23. The van der Waals surface area contributed by atoms with Crippen LogP contribution >= 0.6 is 0 Å². The van der Waals surface area contributed by atoms with E-state index in [1.807, 2.05) is 0 Å². The van der Waals surface area contributed by atoms with Crippen LogP contribution < -0.4 is 0 Å². The summed E-state index contributed by atoms with van der Waals surface area (Å²) >= 11 is 0. The Morgan fingerprint density at radius 1 is 0.941 bits per heavy atom.